The number of ether oxygens (including phenoxy) is 3. The molecule has 0 atom stereocenters. The summed E-state index contributed by atoms with van der Waals surface area (Å²) in [5.74, 6) is 0.574. The zero-order valence-electron chi connectivity index (χ0n) is 25.5. The number of hydrogen-bond acceptors (Lipinski definition) is 11. The van der Waals surface area contributed by atoms with E-state index in [0.717, 1.165) is 17.3 Å². The zero-order chi connectivity index (χ0) is 31.0. The molecule has 0 saturated heterocycles. The van der Waals surface area contributed by atoms with Gasteiger partial charge >= 0.3 is 0 Å². The van der Waals surface area contributed by atoms with Crippen LogP contribution in [0.15, 0.2) is 35.9 Å². The van der Waals surface area contributed by atoms with Gasteiger partial charge in [-0.25, -0.2) is 8.42 Å². The minimum absolute atomic E-state index is 0.0192. The van der Waals surface area contributed by atoms with Gasteiger partial charge in [0.05, 0.1) is 51.9 Å². The van der Waals surface area contributed by atoms with Crippen molar-refractivity contribution in [3.8, 4) is 0 Å². The Balaban J connectivity index is 1.74. The number of hydrogen-bond donors (Lipinski definition) is 2. The molecule has 0 unspecified atom stereocenters. The molecule has 0 amide bonds. The van der Waals surface area contributed by atoms with Gasteiger partial charge in [-0.3, -0.25) is 19.4 Å². The van der Waals surface area contributed by atoms with E-state index < -0.39 is 10.0 Å². The van der Waals surface area contributed by atoms with Gasteiger partial charge in [-0.05, 0) is 37.3 Å². The molecule has 2 N–H and O–H groups in total. The van der Waals surface area contributed by atoms with Crippen molar-refractivity contribution in [2.75, 3.05) is 70.9 Å². The molecule has 43 heavy (non-hydrogen) atoms. The maximum absolute atomic E-state index is 13.1. The van der Waals surface area contributed by atoms with Crippen LogP contribution in [-0.2, 0) is 38.7 Å². The van der Waals surface area contributed by atoms with E-state index in [4.69, 9.17) is 19.0 Å². The van der Waals surface area contributed by atoms with Crippen LogP contribution < -0.4 is 10.6 Å². The number of rotatable bonds is 26. The summed E-state index contributed by atoms with van der Waals surface area (Å²) in [6, 6.07) is 3.38. The molecule has 0 spiro atoms. The van der Waals surface area contributed by atoms with Gasteiger partial charge in [-0.15, -0.1) is 0 Å². The second-order valence-electron chi connectivity index (χ2n) is 10.5. The number of pyridine rings is 1. The highest BCUT2D eigenvalue weighted by Crippen LogP contribution is 2.26. The van der Waals surface area contributed by atoms with E-state index in [2.05, 4.69) is 15.6 Å². The average Bonchev–Trinajstić information content (AvgIpc) is 3.02. The number of sulfonamides is 1. The molecule has 1 aromatic heterocycles. The van der Waals surface area contributed by atoms with Crippen molar-refractivity contribution in [1.82, 2.24) is 14.8 Å². The molecule has 0 aliphatic heterocycles. The number of nitrogens with one attached hydrogen (secondary N) is 2. The third kappa shape index (κ3) is 16.3. The Morgan fingerprint density at radius 1 is 0.907 bits per heavy atom. The van der Waals surface area contributed by atoms with Crippen LogP contribution in [0.4, 0.5) is 5.69 Å². The van der Waals surface area contributed by atoms with Gasteiger partial charge in [-0.1, -0.05) is 49.4 Å². The first-order valence-corrected chi connectivity index (χ1v) is 16.9. The van der Waals surface area contributed by atoms with Crippen molar-refractivity contribution < 1.29 is 37.1 Å². The third-order valence-corrected chi connectivity index (χ3v) is 8.86. The lowest BCUT2D eigenvalue weighted by atomic mass is 9.87. The maximum Gasteiger partial charge on any atom is 0.236 e. The Kier molecular flexibility index (Phi) is 19.7. The first-order chi connectivity index (χ1) is 21.0. The first kappa shape index (κ1) is 36.8. The molecule has 1 aliphatic rings. The predicted molar refractivity (Wildman–Crippen MR) is 165 cm³/mol. The summed E-state index contributed by atoms with van der Waals surface area (Å²) in [6.45, 7) is 2.97. The summed E-state index contributed by atoms with van der Waals surface area (Å²) in [7, 11) is -2.01. The molecule has 0 radical (unpaired) electrons. The lowest BCUT2D eigenvalue weighted by molar-refractivity contribution is -0.107. The number of anilines is 1. The van der Waals surface area contributed by atoms with Crippen LogP contribution in [0.5, 0.6) is 0 Å². The largest absolute Gasteiger partial charge is 0.382 e. The van der Waals surface area contributed by atoms with Gasteiger partial charge in [0.2, 0.25) is 10.0 Å². The van der Waals surface area contributed by atoms with E-state index in [0.29, 0.717) is 83.0 Å². The summed E-state index contributed by atoms with van der Waals surface area (Å²) in [4.78, 5) is 32.8. The molecule has 1 aromatic rings. The number of carbonyl (C=O) groups excluding carboxylic acids is 2. The Bertz CT molecular complexity index is 1020. The second-order valence-corrected chi connectivity index (χ2v) is 12.4. The molecule has 0 bridgehead atoms. The van der Waals surface area contributed by atoms with Crippen molar-refractivity contribution in [2.45, 2.75) is 64.2 Å². The average molecular weight is 627 g/mol. The number of unbranched alkanes of at least 4 members (excludes halogenated alkanes) is 3. The van der Waals surface area contributed by atoms with Crippen LogP contribution in [0.3, 0.4) is 0 Å². The van der Waals surface area contributed by atoms with E-state index >= 15 is 0 Å². The molecule has 13 heteroatoms. The van der Waals surface area contributed by atoms with Crippen molar-refractivity contribution in [3.63, 3.8) is 0 Å². The number of aromatic nitrogens is 1. The summed E-state index contributed by atoms with van der Waals surface area (Å²) in [6.07, 6.45) is 14.0. The van der Waals surface area contributed by atoms with Crippen molar-refractivity contribution in [3.05, 3.63) is 35.9 Å². The smallest absolute Gasteiger partial charge is 0.236 e. The molecule has 12 nitrogen and oxygen atoms in total. The van der Waals surface area contributed by atoms with Crippen molar-refractivity contribution >= 4 is 28.3 Å². The number of methoxy groups -OCH3 is 1. The van der Waals surface area contributed by atoms with Crippen molar-refractivity contribution in [1.29, 1.82) is 0 Å². The molecule has 1 fully saturated rings. The standard InChI is InChI=1S/C30H50N4O8S/c1-39-20-21-41-23-22-40-19-17-34(42-18-13-27-9-5-4-6-10-27)43(37,38)24-8-3-2-7-14-32-29(25-35)30(26-36)33-28-11-15-31-16-12-28/h11-12,15-16,25-27,32H,2-10,13-14,17-24H2,1H3,(H,31,33)/b30-29-. The van der Waals surface area contributed by atoms with E-state index in [-0.39, 0.29) is 30.3 Å². The Morgan fingerprint density at radius 2 is 1.58 bits per heavy atom. The van der Waals surface area contributed by atoms with Crippen LogP contribution >= 0.6 is 0 Å². The molecule has 1 aliphatic carbocycles. The van der Waals surface area contributed by atoms with Gasteiger partial charge in [0, 0.05) is 31.7 Å². The SMILES string of the molecule is COCCOCCOCCN(OCCC1CCCCC1)S(=O)(=O)CCCCCCN/C(C=O)=C(/C=O)Nc1ccncc1. The van der Waals surface area contributed by atoms with Gasteiger partial charge in [-0.2, -0.15) is 0 Å². The predicted octanol–water partition coefficient (Wildman–Crippen LogP) is 3.47. The molecule has 1 heterocycles. The number of aldehydes is 2. The van der Waals surface area contributed by atoms with Gasteiger partial charge < -0.3 is 24.8 Å². The first-order valence-electron chi connectivity index (χ1n) is 15.3. The molecule has 2 rings (SSSR count). The Hall–Kier alpha value is -2.42. The fourth-order valence-electron chi connectivity index (χ4n) is 4.72. The summed E-state index contributed by atoms with van der Waals surface area (Å²) >= 11 is 0. The van der Waals surface area contributed by atoms with E-state index in [1.807, 2.05) is 0 Å². The number of allylic oxidation sites excluding steroid dienone is 2. The van der Waals surface area contributed by atoms with Crippen molar-refractivity contribution in [2.24, 2.45) is 5.92 Å². The van der Waals surface area contributed by atoms with E-state index in [9.17, 15) is 18.0 Å². The summed E-state index contributed by atoms with van der Waals surface area (Å²) in [5.41, 5.74) is 0.947. The molecule has 1 saturated carbocycles. The number of carbonyl (C=O) groups is 2. The minimum atomic E-state index is -3.62. The highest BCUT2D eigenvalue weighted by atomic mass is 32.2. The Labute approximate surface area is 256 Å². The highest BCUT2D eigenvalue weighted by Gasteiger charge is 2.23. The normalized spacial score (nSPS) is 14.8. The fourth-order valence-corrected chi connectivity index (χ4v) is 6.08. The molecule has 0 aromatic carbocycles. The monoisotopic (exact) mass is 626 g/mol. The third-order valence-electron chi connectivity index (χ3n) is 7.15. The van der Waals surface area contributed by atoms with Gasteiger partial charge in [0.1, 0.15) is 11.4 Å². The lowest BCUT2D eigenvalue weighted by Crippen LogP contribution is -2.36. The topological polar surface area (TPSA) is 145 Å². The van der Waals surface area contributed by atoms with Crippen LogP contribution in [0.2, 0.25) is 0 Å². The van der Waals surface area contributed by atoms with E-state index in [1.54, 1.807) is 31.6 Å². The highest BCUT2D eigenvalue weighted by molar-refractivity contribution is 7.88. The van der Waals surface area contributed by atoms with E-state index in [1.165, 1.54) is 32.1 Å². The lowest BCUT2D eigenvalue weighted by Gasteiger charge is -2.25. The van der Waals surface area contributed by atoms with Crippen LogP contribution in [0, 0.1) is 5.92 Å². The molecular formula is C30H50N4O8S. The van der Waals surface area contributed by atoms with Gasteiger partial charge in [0.25, 0.3) is 0 Å². The zero-order valence-corrected chi connectivity index (χ0v) is 26.4. The van der Waals surface area contributed by atoms with Crippen LogP contribution in [0.25, 0.3) is 0 Å². The fraction of sp³-hybridized carbons (Fsp3) is 0.700. The Morgan fingerprint density at radius 3 is 2.28 bits per heavy atom. The van der Waals surface area contributed by atoms with Crippen LogP contribution in [-0.4, -0.2) is 96.0 Å². The minimum Gasteiger partial charge on any atom is -0.382 e. The molecule has 244 valence electrons. The second kappa shape index (κ2) is 23.0. The summed E-state index contributed by atoms with van der Waals surface area (Å²) in [5, 5.41) is 5.90. The maximum atomic E-state index is 13.1. The van der Waals surface area contributed by atoms with Crippen LogP contribution in [0.1, 0.15) is 64.2 Å². The number of nitrogens with zero attached hydrogens (tertiary/aromatic N) is 2. The quantitative estimate of drug-likeness (QED) is 0.0675. The number of hydroxylamine groups is 1. The van der Waals surface area contributed by atoms with Gasteiger partial charge in [0.15, 0.2) is 12.6 Å². The summed E-state index contributed by atoms with van der Waals surface area (Å²) < 4.78 is 43.3. The molecular weight excluding hydrogens is 576 g/mol.